The van der Waals surface area contributed by atoms with E-state index in [-0.39, 0.29) is 16.4 Å². The van der Waals surface area contributed by atoms with Crippen molar-refractivity contribution >= 4 is 28.9 Å². The molecule has 1 rings (SSSR count). The zero-order valence-electron chi connectivity index (χ0n) is 11.5. The first-order chi connectivity index (χ1) is 8.69. The van der Waals surface area contributed by atoms with Crippen LogP contribution in [0.25, 0.3) is 0 Å². The lowest BCUT2D eigenvalue weighted by molar-refractivity contribution is -0.122. The Balaban J connectivity index is 2.64. The zero-order chi connectivity index (χ0) is 14.6. The molecule has 0 aliphatic heterocycles. The lowest BCUT2D eigenvalue weighted by Gasteiger charge is -2.23. The molecule has 1 amide bonds. The molecule has 4 N–H and O–H groups in total. The Morgan fingerprint density at radius 1 is 1.37 bits per heavy atom. The number of rotatable bonds is 4. The van der Waals surface area contributed by atoms with Gasteiger partial charge in [-0.15, -0.1) is 0 Å². The predicted molar refractivity (Wildman–Crippen MR) is 78.9 cm³/mol. The molecule has 1 aromatic heterocycles. The molecule has 1 heterocycles. The van der Waals surface area contributed by atoms with Crippen LogP contribution in [0, 0.1) is 0 Å². The topological polar surface area (TPSA) is 92.9 Å². The molecule has 0 saturated carbocycles. The Labute approximate surface area is 118 Å². The molecule has 7 heteroatoms. The third-order valence-electron chi connectivity index (χ3n) is 2.16. The number of thiocarbonyl (C=S) groups is 1. The fourth-order valence-electron chi connectivity index (χ4n) is 1.30. The number of hydrogen-bond donors (Lipinski definition) is 3. The van der Waals surface area contributed by atoms with Gasteiger partial charge in [-0.1, -0.05) is 12.2 Å². The van der Waals surface area contributed by atoms with Crippen molar-refractivity contribution < 1.29 is 4.79 Å². The molecule has 0 saturated heterocycles. The van der Waals surface area contributed by atoms with Crippen molar-refractivity contribution in [2.45, 2.75) is 39.3 Å². The van der Waals surface area contributed by atoms with Crippen LogP contribution in [0.4, 0.5) is 5.82 Å². The summed E-state index contributed by atoms with van der Waals surface area (Å²) in [6.07, 6.45) is 2.97. The SMILES string of the molecule is CC(Nc1cnc(C(N)=S)cn1)C(=O)NC(C)(C)C. The first-order valence-electron chi connectivity index (χ1n) is 5.89. The molecule has 0 fully saturated rings. The van der Waals surface area contributed by atoms with Crippen LogP contribution in [0.5, 0.6) is 0 Å². The minimum Gasteiger partial charge on any atom is -0.388 e. The highest BCUT2D eigenvalue weighted by Gasteiger charge is 2.19. The van der Waals surface area contributed by atoms with Crippen molar-refractivity contribution in [2.24, 2.45) is 5.73 Å². The third kappa shape index (κ3) is 5.17. The highest BCUT2D eigenvalue weighted by atomic mass is 32.1. The Morgan fingerprint density at radius 2 is 2.00 bits per heavy atom. The quantitative estimate of drug-likeness (QED) is 0.708. The number of hydrogen-bond acceptors (Lipinski definition) is 5. The van der Waals surface area contributed by atoms with E-state index in [2.05, 4.69) is 20.6 Å². The van der Waals surface area contributed by atoms with E-state index in [1.165, 1.54) is 12.4 Å². The molecule has 0 bridgehead atoms. The fourth-order valence-corrected chi connectivity index (χ4v) is 1.40. The van der Waals surface area contributed by atoms with Crippen LogP contribution >= 0.6 is 12.2 Å². The molecule has 1 aromatic rings. The Kier molecular flexibility index (Phi) is 4.77. The van der Waals surface area contributed by atoms with Crippen molar-refractivity contribution in [1.29, 1.82) is 0 Å². The van der Waals surface area contributed by atoms with Gasteiger partial charge in [0.05, 0.1) is 12.4 Å². The molecule has 6 nitrogen and oxygen atoms in total. The summed E-state index contributed by atoms with van der Waals surface area (Å²) in [6.45, 7) is 7.53. The van der Waals surface area contributed by atoms with Gasteiger partial charge >= 0.3 is 0 Å². The minimum absolute atomic E-state index is 0.104. The number of aromatic nitrogens is 2. The van der Waals surface area contributed by atoms with E-state index in [4.69, 9.17) is 18.0 Å². The Bertz CT molecular complexity index is 466. The zero-order valence-corrected chi connectivity index (χ0v) is 12.3. The molecular weight excluding hydrogens is 262 g/mol. The maximum atomic E-state index is 11.9. The largest absolute Gasteiger partial charge is 0.388 e. The van der Waals surface area contributed by atoms with Gasteiger partial charge in [0.15, 0.2) is 0 Å². The highest BCUT2D eigenvalue weighted by molar-refractivity contribution is 7.80. The summed E-state index contributed by atoms with van der Waals surface area (Å²) in [5, 5.41) is 5.84. The van der Waals surface area contributed by atoms with Crippen molar-refractivity contribution in [3.63, 3.8) is 0 Å². The average molecular weight is 281 g/mol. The van der Waals surface area contributed by atoms with Gasteiger partial charge in [0.2, 0.25) is 5.91 Å². The van der Waals surface area contributed by atoms with Crippen molar-refractivity contribution in [1.82, 2.24) is 15.3 Å². The number of nitrogens with two attached hydrogens (primary N) is 1. The molecule has 0 spiro atoms. The normalized spacial score (nSPS) is 12.6. The Hall–Kier alpha value is -1.76. The number of anilines is 1. The van der Waals surface area contributed by atoms with E-state index in [1.807, 2.05) is 20.8 Å². The summed E-state index contributed by atoms with van der Waals surface area (Å²) < 4.78 is 0. The Morgan fingerprint density at radius 3 is 2.42 bits per heavy atom. The van der Waals surface area contributed by atoms with Gasteiger partial charge in [-0.05, 0) is 27.7 Å². The molecule has 0 aliphatic rings. The maximum Gasteiger partial charge on any atom is 0.242 e. The molecular formula is C12H19N5OS. The van der Waals surface area contributed by atoms with Gasteiger partial charge in [0.1, 0.15) is 22.5 Å². The van der Waals surface area contributed by atoms with Crippen LogP contribution in [-0.4, -0.2) is 32.4 Å². The van der Waals surface area contributed by atoms with Gasteiger partial charge < -0.3 is 16.4 Å². The second-order valence-electron chi connectivity index (χ2n) is 5.26. The van der Waals surface area contributed by atoms with E-state index in [0.29, 0.717) is 11.5 Å². The summed E-state index contributed by atoms with van der Waals surface area (Å²) in [5.74, 6) is 0.393. The molecule has 19 heavy (non-hydrogen) atoms. The van der Waals surface area contributed by atoms with E-state index < -0.39 is 6.04 Å². The van der Waals surface area contributed by atoms with Gasteiger partial charge in [-0.25, -0.2) is 9.97 Å². The van der Waals surface area contributed by atoms with Crippen molar-refractivity contribution in [3.05, 3.63) is 18.1 Å². The molecule has 0 aliphatic carbocycles. The van der Waals surface area contributed by atoms with Crippen LogP contribution < -0.4 is 16.4 Å². The van der Waals surface area contributed by atoms with E-state index in [0.717, 1.165) is 0 Å². The van der Waals surface area contributed by atoms with Crippen LogP contribution in [0.15, 0.2) is 12.4 Å². The first-order valence-corrected chi connectivity index (χ1v) is 6.30. The van der Waals surface area contributed by atoms with Gasteiger partial charge in [0, 0.05) is 5.54 Å². The van der Waals surface area contributed by atoms with Crippen LogP contribution in [0.3, 0.4) is 0 Å². The van der Waals surface area contributed by atoms with Crippen LogP contribution in [0.2, 0.25) is 0 Å². The molecule has 104 valence electrons. The lowest BCUT2D eigenvalue weighted by Crippen LogP contribution is -2.47. The number of carbonyl (C=O) groups is 1. The fraction of sp³-hybridized carbons (Fsp3) is 0.500. The standard InChI is InChI=1S/C12H19N5OS/c1-7(11(18)17-12(2,3)4)16-9-6-14-8(5-15-9)10(13)19/h5-7H,1-4H3,(H2,13,19)(H,15,16)(H,17,18). The highest BCUT2D eigenvalue weighted by Crippen LogP contribution is 2.05. The maximum absolute atomic E-state index is 11.9. The van der Waals surface area contributed by atoms with E-state index in [9.17, 15) is 4.79 Å². The van der Waals surface area contributed by atoms with Crippen LogP contribution in [-0.2, 0) is 4.79 Å². The summed E-state index contributed by atoms with van der Waals surface area (Å²) in [6, 6.07) is -0.413. The molecule has 0 aromatic carbocycles. The van der Waals surface area contributed by atoms with Gasteiger partial charge in [-0.3, -0.25) is 4.79 Å². The van der Waals surface area contributed by atoms with Crippen molar-refractivity contribution in [3.8, 4) is 0 Å². The van der Waals surface area contributed by atoms with E-state index >= 15 is 0 Å². The minimum atomic E-state index is -0.413. The summed E-state index contributed by atoms with van der Waals surface area (Å²) >= 11 is 4.79. The number of carbonyl (C=O) groups excluding carboxylic acids is 1. The number of nitrogens with one attached hydrogen (secondary N) is 2. The second kappa shape index (κ2) is 5.92. The summed E-state index contributed by atoms with van der Waals surface area (Å²) in [7, 11) is 0. The number of amides is 1. The van der Waals surface area contributed by atoms with Crippen molar-refractivity contribution in [2.75, 3.05) is 5.32 Å². The third-order valence-corrected chi connectivity index (χ3v) is 2.37. The van der Waals surface area contributed by atoms with Crippen LogP contribution in [0.1, 0.15) is 33.4 Å². The number of nitrogens with zero attached hydrogens (tertiary/aromatic N) is 2. The predicted octanol–water partition coefficient (Wildman–Crippen LogP) is 0.826. The van der Waals surface area contributed by atoms with Gasteiger partial charge in [0.25, 0.3) is 0 Å². The summed E-state index contributed by atoms with van der Waals surface area (Å²) in [5.41, 5.74) is 5.61. The second-order valence-corrected chi connectivity index (χ2v) is 5.70. The lowest BCUT2D eigenvalue weighted by atomic mass is 10.1. The van der Waals surface area contributed by atoms with Gasteiger partial charge in [-0.2, -0.15) is 0 Å². The average Bonchev–Trinajstić information content (AvgIpc) is 2.27. The molecule has 1 unspecified atom stereocenters. The van der Waals surface area contributed by atoms with E-state index in [1.54, 1.807) is 6.92 Å². The summed E-state index contributed by atoms with van der Waals surface area (Å²) in [4.78, 5) is 20.2. The molecule has 0 radical (unpaired) electrons. The monoisotopic (exact) mass is 281 g/mol. The first kappa shape index (κ1) is 15.3. The molecule has 1 atom stereocenters. The smallest absolute Gasteiger partial charge is 0.242 e.